The van der Waals surface area contributed by atoms with Gasteiger partial charge in [-0.1, -0.05) is 102 Å². The fraction of sp³-hybridized carbons (Fsp3) is 0.538. The van der Waals surface area contributed by atoms with E-state index in [-0.39, 0.29) is 40.2 Å². The molecule has 0 saturated carbocycles. The topological polar surface area (TPSA) is 86.7 Å². The summed E-state index contributed by atoms with van der Waals surface area (Å²) < 4.78 is 38.3. The van der Waals surface area contributed by atoms with E-state index >= 15 is 0 Å². The molecule has 0 aromatic heterocycles. The van der Waals surface area contributed by atoms with E-state index < -0.39 is 15.9 Å². The molecule has 0 fully saturated rings. The van der Waals surface area contributed by atoms with Crippen LogP contribution < -0.4 is 39.4 Å². The van der Waals surface area contributed by atoms with E-state index in [0.717, 1.165) is 25.3 Å². The average Bonchev–Trinajstić information content (AvgIpc) is 2.76. The molecule has 1 N–H and O–H groups in total. The monoisotopic (exact) mass is 484 g/mol. The van der Waals surface area contributed by atoms with Crippen LogP contribution in [0.5, 0.6) is 17.2 Å². The first-order valence-electron chi connectivity index (χ1n) is 12.0. The maximum Gasteiger partial charge on any atom is 1.00 e. The van der Waals surface area contributed by atoms with Gasteiger partial charge in [0.2, 0.25) is 0 Å². The maximum atomic E-state index is 12.5. The second kappa shape index (κ2) is 16.6. The summed E-state index contributed by atoms with van der Waals surface area (Å²) in [5.41, 5.74) is 0.515. The number of unbranched alkanes of at least 4 members (excludes halogenated alkanes) is 11. The molecule has 0 aliphatic heterocycles. The van der Waals surface area contributed by atoms with Crippen LogP contribution >= 0.6 is 0 Å². The van der Waals surface area contributed by atoms with E-state index in [2.05, 4.69) is 6.92 Å². The van der Waals surface area contributed by atoms with Gasteiger partial charge in [-0.3, -0.25) is 4.55 Å². The van der Waals surface area contributed by atoms with Gasteiger partial charge >= 0.3 is 29.6 Å². The van der Waals surface area contributed by atoms with Gasteiger partial charge in [-0.05, 0) is 42.7 Å². The Morgan fingerprint density at radius 2 is 1.33 bits per heavy atom. The summed E-state index contributed by atoms with van der Waals surface area (Å²) in [4.78, 5) is -0.378. The van der Waals surface area contributed by atoms with E-state index in [9.17, 15) is 18.1 Å². The maximum absolute atomic E-state index is 12.5. The van der Waals surface area contributed by atoms with Gasteiger partial charge in [-0.2, -0.15) is 8.42 Å². The summed E-state index contributed by atoms with van der Waals surface area (Å²) in [6, 6.07) is 11.2. The first kappa shape index (κ1) is 30.0. The average molecular weight is 485 g/mol. The van der Waals surface area contributed by atoms with Crippen molar-refractivity contribution in [1.82, 2.24) is 0 Å². The molecule has 0 heterocycles. The van der Waals surface area contributed by atoms with Gasteiger partial charge in [0.25, 0.3) is 10.1 Å². The van der Waals surface area contributed by atoms with Crippen molar-refractivity contribution < 1.29 is 52.4 Å². The number of hydrogen-bond donors (Lipinski definition) is 1. The van der Waals surface area contributed by atoms with Crippen LogP contribution in [0, 0.1) is 0 Å². The molecule has 5 nitrogen and oxygen atoms in total. The Bertz CT molecular complexity index is 900. The number of hydrogen-bond acceptors (Lipinski definition) is 4. The Morgan fingerprint density at radius 3 is 1.85 bits per heavy atom. The third-order valence-corrected chi connectivity index (χ3v) is 6.50. The van der Waals surface area contributed by atoms with Crippen molar-refractivity contribution in [1.29, 1.82) is 0 Å². The number of benzene rings is 2. The normalized spacial score (nSPS) is 11.2. The molecule has 33 heavy (non-hydrogen) atoms. The second-order valence-electron chi connectivity index (χ2n) is 8.44. The van der Waals surface area contributed by atoms with Crippen molar-refractivity contribution in [2.24, 2.45) is 0 Å². The summed E-state index contributed by atoms with van der Waals surface area (Å²) in [5, 5.41) is 12.5. The second-order valence-corrected chi connectivity index (χ2v) is 9.86. The number of para-hydroxylation sites is 1. The minimum absolute atomic E-state index is 0. The zero-order valence-electron chi connectivity index (χ0n) is 20.2. The van der Waals surface area contributed by atoms with Gasteiger partial charge in [-0.15, -0.1) is 0 Å². The molecule has 2 rings (SSSR count). The van der Waals surface area contributed by atoms with Crippen LogP contribution in [0.1, 0.15) is 89.5 Å². The molecule has 0 unspecified atom stereocenters. The smallest absolute Gasteiger partial charge is 0.870 e. The molecule has 2 aromatic carbocycles. The Hall–Kier alpha value is -1.05. The van der Waals surface area contributed by atoms with Gasteiger partial charge in [0.05, 0.1) is 4.90 Å². The quantitative estimate of drug-likeness (QED) is 0.221. The van der Waals surface area contributed by atoms with E-state index in [1.165, 1.54) is 63.9 Å². The molecule has 2 aromatic rings. The molecule has 0 aliphatic rings. The van der Waals surface area contributed by atoms with Crippen LogP contribution in [0.4, 0.5) is 0 Å². The fourth-order valence-electron chi connectivity index (χ4n) is 3.85. The van der Waals surface area contributed by atoms with Crippen molar-refractivity contribution in [3.8, 4) is 17.2 Å². The predicted molar refractivity (Wildman–Crippen MR) is 127 cm³/mol. The van der Waals surface area contributed by atoms with Crippen LogP contribution in [0.2, 0.25) is 0 Å². The fourth-order valence-corrected chi connectivity index (χ4v) is 4.39. The van der Waals surface area contributed by atoms with Gasteiger partial charge in [-0.25, -0.2) is 0 Å². The van der Waals surface area contributed by atoms with E-state index in [0.29, 0.717) is 17.7 Å². The number of ether oxygens (including phenoxy) is 1. The van der Waals surface area contributed by atoms with E-state index in [4.69, 9.17) is 4.74 Å². The minimum Gasteiger partial charge on any atom is -0.870 e. The molecule has 0 radical (unpaired) electrons. The third-order valence-electron chi connectivity index (χ3n) is 5.67. The van der Waals surface area contributed by atoms with Crippen molar-refractivity contribution in [3.63, 3.8) is 0 Å². The zero-order chi connectivity index (χ0) is 23.2. The molecule has 178 valence electrons. The molecular formula is C26H37NaO5S. The van der Waals surface area contributed by atoms with E-state index in [1.807, 2.05) is 6.07 Å². The summed E-state index contributed by atoms with van der Waals surface area (Å²) in [6.07, 6.45) is 15.2. The predicted octanol–water partition coefficient (Wildman–Crippen LogP) is 4.05. The largest absolute Gasteiger partial charge is 1.00 e. The molecular weight excluding hydrogens is 447 g/mol. The zero-order valence-corrected chi connectivity index (χ0v) is 23.0. The summed E-state index contributed by atoms with van der Waals surface area (Å²) >= 11 is 0. The van der Waals surface area contributed by atoms with Crippen molar-refractivity contribution in [2.45, 2.75) is 95.3 Å². The van der Waals surface area contributed by atoms with Gasteiger partial charge in [0.1, 0.15) is 11.5 Å². The molecule has 0 amide bonds. The molecule has 0 aliphatic carbocycles. The van der Waals surface area contributed by atoms with Crippen molar-refractivity contribution >= 4 is 10.1 Å². The number of aryl methyl sites for hydroxylation is 1. The summed E-state index contributed by atoms with van der Waals surface area (Å²) in [7, 11) is -4.45. The molecule has 7 heteroatoms. The molecule has 0 bridgehead atoms. The first-order chi connectivity index (χ1) is 15.4. The Morgan fingerprint density at radius 1 is 0.818 bits per heavy atom. The number of rotatable bonds is 16. The van der Waals surface area contributed by atoms with E-state index in [1.54, 1.807) is 24.3 Å². The summed E-state index contributed by atoms with van der Waals surface area (Å²) in [6.45, 7) is 2.24. The Kier molecular flexibility index (Phi) is 15.0. The Balaban J connectivity index is 0.00000544. The SMILES string of the molecule is CCCCCCCCCCCCCCc1cc(S(=O)(=O)O)cc([O-])c1Oc1ccccc1.[Na+]. The van der Waals surface area contributed by atoms with Gasteiger partial charge in [0, 0.05) is 0 Å². The van der Waals surface area contributed by atoms with Crippen molar-refractivity contribution in [2.75, 3.05) is 0 Å². The molecule has 0 spiro atoms. The van der Waals surface area contributed by atoms with Crippen LogP contribution in [0.25, 0.3) is 0 Å². The van der Waals surface area contributed by atoms with Crippen LogP contribution in [-0.4, -0.2) is 13.0 Å². The minimum atomic E-state index is -4.45. The summed E-state index contributed by atoms with van der Waals surface area (Å²) in [5.74, 6) is 0.102. The van der Waals surface area contributed by atoms with Gasteiger partial charge in [0.15, 0.2) is 0 Å². The van der Waals surface area contributed by atoms with Gasteiger partial charge < -0.3 is 9.84 Å². The van der Waals surface area contributed by atoms with Crippen LogP contribution in [0.15, 0.2) is 47.4 Å². The molecule has 0 saturated heterocycles. The Labute approximate surface area is 222 Å². The van der Waals surface area contributed by atoms with Crippen LogP contribution in [0.3, 0.4) is 0 Å². The standard InChI is InChI=1S/C26H38O5S.Na/c1-2-3-4-5-6-7-8-9-10-11-12-14-17-22-20-24(32(28,29)30)21-25(27)26(22)31-23-18-15-13-16-19-23;/h13,15-16,18-21,27H,2-12,14,17H2,1H3,(H,28,29,30);/q;+1/p-1. The third kappa shape index (κ3) is 11.8. The first-order valence-corrected chi connectivity index (χ1v) is 13.4. The van der Waals surface area contributed by atoms with Crippen molar-refractivity contribution in [3.05, 3.63) is 48.0 Å². The molecule has 0 atom stereocenters. The van der Waals surface area contributed by atoms with Crippen LogP contribution in [-0.2, 0) is 16.5 Å².